The average Bonchev–Trinajstić information content (AvgIpc) is 3.85. The Labute approximate surface area is 308 Å². The van der Waals surface area contributed by atoms with E-state index in [1.807, 2.05) is 0 Å². The molecule has 0 fully saturated rings. The first-order chi connectivity index (χ1) is 26.0. The van der Waals surface area contributed by atoms with E-state index in [1.54, 1.807) is 31.3 Å². The molecule has 274 valence electrons. The molecule has 0 aliphatic rings. The second-order valence-electron chi connectivity index (χ2n) is 11.4. The van der Waals surface area contributed by atoms with Crippen LogP contribution in [-0.4, -0.2) is 68.9 Å². The van der Waals surface area contributed by atoms with Crippen LogP contribution in [0.1, 0.15) is 63.9 Å². The standard InChI is InChI=1S/C27H18F3N7O5.C10H6N2O/c1-13-6-17(2-4-19(13)25(39)40)36-11-22(32-34-36)14-7-15(9-16(8-14)24(31)38)23-12-37(35-33-23)18-3-5-20(26(41)42)21(10-18)27(28,29)30;1-3-8-5-7(10(11)13)6-9(4-2)12-8/h2-12H,1H3,(H2,31,38)(H,39,40)(H,41,42);1-2,5-6H,(H2,11,13). The Kier molecular flexibility index (Phi) is 10.6. The molecule has 0 aliphatic heterocycles. The molecule has 0 aliphatic carbocycles. The number of hydrogen-bond acceptors (Lipinski definition) is 9. The Morgan fingerprint density at radius 3 is 1.56 bits per heavy atom. The molecule has 15 nitrogen and oxygen atoms in total. The van der Waals surface area contributed by atoms with Crippen LogP contribution < -0.4 is 11.5 Å². The van der Waals surface area contributed by atoms with E-state index in [2.05, 4.69) is 37.4 Å². The maximum Gasteiger partial charge on any atom is 0.417 e. The van der Waals surface area contributed by atoms with E-state index in [-0.39, 0.29) is 28.1 Å². The summed E-state index contributed by atoms with van der Waals surface area (Å²) in [6.07, 6.45) is 8.16. The minimum absolute atomic E-state index is 0.0819. The van der Waals surface area contributed by atoms with E-state index in [0.717, 1.165) is 16.8 Å². The average molecular weight is 748 g/mol. The van der Waals surface area contributed by atoms with Gasteiger partial charge in [0.1, 0.15) is 22.8 Å². The molecule has 0 saturated carbocycles. The number of carboxylic acid groups (broad SMARTS) is 2. The summed E-state index contributed by atoms with van der Waals surface area (Å²) in [5.41, 5.74) is 11.6. The summed E-state index contributed by atoms with van der Waals surface area (Å²) in [5, 5.41) is 34.5. The lowest BCUT2D eigenvalue weighted by atomic mass is 10.0. The summed E-state index contributed by atoms with van der Waals surface area (Å²) in [6.45, 7) is 1.64. The number of aromatic nitrogens is 7. The van der Waals surface area contributed by atoms with E-state index < -0.39 is 41.1 Å². The lowest BCUT2D eigenvalue weighted by molar-refractivity contribution is -0.138. The fourth-order valence-corrected chi connectivity index (χ4v) is 5.06. The van der Waals surface area contributed by atoms with Gasteiger partial charge in [0.2, 0.25) is 11.8 Å². The smallest absolute Gasteiger partial charge is 0.417 e. The SMILES string of the molecule is C#Cc1cc(C(N)=O)cc(C#C)n1.Cc1cc(-n2cc(-c3cc(C(N)=O)cc(-c4cn(-c5ccc(C(=O)O)c(C(F)(F)F)c5)nn4)c3)nn2)ccc1C(=O)O. The Balaban J connectivity index is 0.000000378. The van der Waals surface area contributed by atoms with Gasteiger partial charge in [-0.3, -0.25) is 9.59 Å². The number of amides is 2. The van der Waals surface area contributed by atoms with E-state index in [4.69, 9.17) is 29.4 Å². The number of halogens is 3. The molecule has 18 heteroatoms. The number of hydrogen-bond donors (Lipinski definition) is 4. The van der Waals surface area contributed by atoms with Crippen LogP contribution in [0.5, 0.6) is 0 Å². The van der Waals surface area contributed by atoms with Crippen LogP contribution in [0.15, 0.2) is 79.1 Å². The van der Waals surface area contributed by atoms with Crippen LogP contribution in [-0.2, 0) is 6.18 Å². The molecule has 3 aromatic heterocycles. The highest BCUT2D eigenvalue weighted by Gasteiger charge is 2.36. The number of nitrogens with two attached hydrogens (primary N) is 2. The third-order valence-electron chi connectivity index (χ3n) is 7.71. The molecule has 0 radical (unpaired) electrons. The number of carboxylic acids is 2. The van der Waals surface area contributed by atoms with E-state index in [0.29, 0.717) is 45.5 Å². The van der Waals surface area contributed by atoms with Crippen molar-refractivity contribution in [2.75, 3.05) is 0 Å². The zero-order valence-electron chi connectivity index (χ0n) is 28.1. The third kappa shape index (κ3) is 8.51. The zero-order valence-corrected chi connectivity index (χ0v) is 28.1. The normalized spacial score (nSPS) is 10.7. The summed E-state index contributed by atoms with van der Waals surface area (Å²) in [7, 11) is 0. The number of rotatable bonds is 8. The molecule has 0 saturated heterocycles. The van der Waals surface area contributed by atoms with Gasteiger partial charge in [-0.25, -0.2) is 23.9 Å². The van der Waals surface area contributed by atoms with Crippen LogP contribution in [0.3, 0.4) is 0 Å². The fraction of sp³-hybridized carbons (Fsp3) is 0.0541. The summed E-state index contributed by atoms with van der Waals surface area (Å²) in [5.74, 6) is 0.430. The monoisotopic (exact) mass is 747 g/mol. The van der Waals surface area contributed by atoms with Crippen LogP contribution >= 0.6 is 0 Å². The topological polar surface area (TPSA) is 235 Å². The lowest BCUT2D eigenvalue weighted by Gasteiger charge is -2.11. The van der Waals surface area contributed by atoms with Crippen LogP contribution in [0.4, 0.5) is 13.2 Å². The second kappa shape index (κ2) is 15.2. The van der Waals surface area contributed by atoms with Crippen molar-refractivity contribution in [1.29, 1.82) is 0 Å². The maximum atomic E-state index is 13.5. The molecular formula is C37H24F3N9O6. The van der Waals surface area contributed by atoms with Crippen molar-refractivity contribution in [1.82, 2.24) is 35.0 Å². The molecule has 0 spiro atoms. The molecule has 55 heavy (non-hydrogen) atoms. The van der Waals surface area contributed by atoms with E-state index >= 15 is 0 Å². The first-order valence-electron chi connectivity index (χ1n) is 15.3. The molecule has 0 atom stereocenters. The van der Waals surface area contributed by atoms with Crippen molar-refractivity contribution in [3.63, 3.8) is 0 Å². The molecule has 0 unspecified atom stereocenters. The molecule has 2 amide bonds. The van der Waals surface area contributed by atoms with Gasteiger partial charge in [0, 0.05) is 22.3 Å². The maximum absolute atomic E-state index is 13.5. The zero-order chi connectivity index (χ0) is 40.2. The summed E-state index contributed by atoms with van der Waals surface area (Å²) >= 11 is 0. The quantitative estimate of drug-likeness (QED) is 0.161. The second-order valence-corrected chi connectivity index (χ2v) is 11.4. The number of benzene rings is 3. The van der Waals surface area contributed by atoms with Gasteiger partial charge in [-0.1, -0.05) is 22.3 Å². The van der Waals surface area contributed by atoms with Gasteiger partial charge >= 0.3 is 18.1 Å². The lowest BCUT2D eigenvalue weighted by Crippen LogP contribution is -2.14. The number of pyridine rings is 1. The molecule has 0 bridgehead atoms. The largest absolute Gasteiger partial charge is 0.478 e. The minimum Gasteiger partial charge on any atom is -0.478 e. The Morgan fingerprint density at radius 2 is 1.15 bits per heavy atom. The number of nitrogens with zero attached hydrogens (tertiary/aromatic N) is 7. The van der Waals surface area contributed by atoms with Crippen LogP contribution in [0.25, 0.3) is 33.9 Å². The first-order valence-corrected chi connectivity index (χ1v) is 15.3. The van der Waals surface area contributed by atoms with Crippen molar-refractivity contribution in [2.24, 2.45) is 11.5 Å². The number of carbonyl (C=O) groups excluding carboxylic acids is 2. The summed E-state index contributed by atoms with van der Waals surface area (Å²) in [6, 6.07) is 14.6. The Bertz CT molecular complexity index is 2580. The highest BCUT2D eigenvalue weighted by Crippen LogP contribution is 2.34. The number of aryl methyl sites for hydroxylation is 1. The number of alkyl halides is 3. The predicted octanol–water partition coefficient (Wildman–Crippen LogP) is 4.15. The summed E-state index contributed by atoms with van der Waals surface area (Å²) < 4.78 is 42.9. The molecule has 3 aromatic carbocycles. The van der Waals surface area contributed by atoms with Gasteiger partial charge in [-0.2, -0.15) is 13.2 Å². The molecule has 6 N–H and O–H groups in total. The van der Waals surface area contributed by atoms with E-state index in [1.165, 1.54) is 41.2 Å². The van der Waals surface area contributed by atoms with Crippen LogP contribution in [0, 0.1) is 31.6 Å². The van der Waals surface area contributed by atoms with Gasteiger partial charge in [0.15, 0.2) is 0 Å². The van der Waals surface area contributed by atoms with Crippen molar-refractivity contribution in [2.45, 2.75) is 13.1 Å². The van der Waals surface area contributed by atoms with Gasteiger partial charge in [0.05, 0.1) is 40.5 Å². The molecular weight excluding hydrogens is 723 g/mol. The Morgan fingerprint density at radius 1 is 0.691 bits per heavy atom. The van der Waals surface area contributed by atoms with Gasteiger partial charge in [-0.15, -0.1) is 23.0 Å². The van der Waals surface area contributed by atoms with E-state index in [9.17, 15) is 37.5 Å². The molecule has 6 rings (SSSR count). The van der Waals surface area contributed by atoms with Crippen molar-refractivity contribution in [3.8, 4) is 58.6 Å². The number of primary amides is 2. The Hall–Kier alpha value is -8.12. The minimum atomic E-state index is -4.92. The molecule has 3 heterocycles. The van der Waals surface area contributed by atoms with Crippen molar-refractivity contribution >= 4 is 23.8 Å². The van der Waals surface area contributed by atoms with Crippen LogP contribution in [0.2, 0.25) is 0 Å². The molecule has 6 aromatic rings. The van der Waals surface area contributed by atoms with Crippen molar-refractivity contribution in [3.05, 3.63) is 124 Å². The number of aromatic carboxylic acids is 2. The summed E-state index contributed by atoms with van der Waals surface area (Å²) in [4.78, 5) is 49.4. The number of carbonyl (C=O) groups is 4. The first kappa shape index (κ1) is 38.1. The van der Waals surface area contributed by atoms with Crippen molar-refractivity contribution < 1.29 is 42.6 Å². The highest BCUT2D eigenvalue weighted by atomic mass is 19.4. The van der Waals surface area contributed by atoms with Gasteiger partial charge in [0.25, 0.3) is 0 Å². The van der Waals surface area contributed by atoms with Gasteiger partial charge < -0.3 is 21.7 Å². The third-order valence-corrected chi connectivity index (χ3v) is 7.71. The highest BCUT2D eigenvalue weighted by molar-refractivity contribution is 5.96. The fourth-order valence-electron chi connectivity index (χ4n) is 5.06. The predicted molar refractivity (Wildman–Crippen MR) is 188 cm³/mol. The number of terminal acetylenes is 2. The van der Waals surface area contributed by atoms with Gasteiger partial charge in [-0.05, 0) is 79.2 Å².